The van der Waals surface area contributed by atoms with E-state index in [0.29, 0.717) is 24.8 Å². The Kier molecular flexibility index (Phi) is 3.38. The van der Waals surface area contributed by atoms with Crippen LogP contribution in [0.15, 0.2) is 28.8 Å². The molecular formula is C14H12F3N3O2. The Balaban J connectivity index is 1.64. The Hall–Kier alpha value is -2.38. The number of amides is 1. The fraction of sp³-hybridized carbons (Fsp3) is 0.357. The Labute approximate surface area is 123 Å². The lowest BCUT2D eigenvalue weighted by atomic mass is 9.98. The van der Waals surface area contributed by atoms with E-state index in [0.717, 1.165) is 12.1 Å². The molecule has 0 spiro atoms. The minimum absolute atomic E-state index is 0.0143. The van der Waals surface area contributed by atoms with Gasteiger partial charge < -0.3 is 9.42 Å². The number of hydrogen-bond donors (Lipinski definition) is 0. The maximum atomic E-state index is 12.5. The molecule has 1 amide bonds. The molecule has 0 aliphatic carbocycles. The highest BCUT2D eigenvalue weighted by Gasteiger charge is 2.36. The number of carbonyl (C=O) groups excluding carboxylic acids is 1. The van der Waals surface area contributed by atoms with Crippen LogP contribution in [0, 0.1) is 6.92 Å². The molecule has 3 rings (SSSR count). The molecule has 1 aliphatic rings. The van der Waals surface area contributed by atoms with Gasteiger partial charge in [0.15, 0.2) is 5.82 Å². The van der Waals surface area contributed by atoms with E-state index >= 15 is 0 Å². The van der Waals surface area contributed by atoms with Crippen LogP contribution in [0.3, 0.4) is 0 Å². The standard InChI is InChI=1S/C14H12F3N3O2/c1-8-18-12(22-19-8)10-6-20(7-10)13(21)9-2-4-11(5-3-9)14(15,16)17/h2-5,10H,6-7H2,1H3. The maximum Gasteiger partial charge on any atom is 0.416 e. The largest absolute Gasteiger partial charge is 0.416 e. The van der Waals surface area contributed by atoms with Gasteiger partial charge >= 0.3 is 6.18 Å². The number of benzene rings is 1. The van der Waals surface area contributed by atoms with Crippen LogP contribution in [0.4, 0.5) is 13.2 Å². The van der Waals surface area contributed by atoms with Gasteiger partial charge in [-0.3, -0.25) is 4.79 Å². The predicted octanol–water partition coefficient (Wildman–Crippen LogP) is 2.64. The van der Waals surface area contributed by atoms with Gasteiger partial charge in [0.2, 0.25) is 5.89 Å². The lowest BCUT2D eigenvalue weighted by Crippen LogP contribution is -2.48. The van der Waals surface area contributed by atoms with Crippen LogP contribution in [-0.2, 0) is 6.18 Å². The third-order valence-corrected chi connectivity index (χ3v) is 3.52. The van der Waals surface area contributed by atoms with Gasteiger partial charge in [0, 0.05) is 18.7 Å². The second-order valence-corrected chi connectivity index (χ2v) is 5.16. The number of carbonyl (C=O) groups is 1. The Bertz CT molecular complexity index is 688. The van der Waals surface area contributed by atoms with Gasteiger partial charge in [-0.15, -0.1) is 0 Å². The van der Waals surface area contributed by atoms with Gasteiger partial charge in [-0.05, 0) is 31.2 Å². The molecule has 116 valence electrons. The first-order valence-corrected chi connectivity index (χ1v) is 6.61. The van der Waals surface area contributed by atoms with Gasteiger partial charge in [-0.2, -0.15) is 18.2 Å². The summed E-state index contributed by atoms with van der Waals surface area (Å²) in [4.78, 5) is 17.8. The van der Waals surface area contributed by atoms with Crippen LogP contribution < -0.4 is 0 Å². The maximum absolute atomic E-state index is 12.5. The average molecular weight is 311 g/mol. The summed E-state index contributed by atoms with van der Waals surface area (Å²) in [7, 11) is 0. The predicted molar refractivity (Wildman–Crippen MR) is 69.1 cm³/mol. The molecule has 0 saturated carbocycles. The monoisotopic (exact) mass is 311 g/mol. The Morgan fingerprint density at radius 1 is 1.27 bits per heavy atom. The Morgan fingerprint density at radius 2 is 1.91 bits per heavy atom. The minimum atomic E-state index is -4.40. The highest BCUT2D eigenvalue weighted by atomic mass is 19.4. The number of rotatable bonds is 2. The quantitative estimate of drug-likeness (QED) is 0.855. The molecule has 8 heteroatoms. The molecule has 1 aromatic carbocycles. The zero-order valence-electron chi connectivity index (χ0n) is 11.6. The molecule has 22 heavy (non-hydrogen) atoms. The molecule has 0 unspecified atom stereocenters. The van der Waals surface area contributed by atoms with E-state index < -0.39 is 11.7 Å². The SMILES string of the molecule is Cc1noc(C2CN(C(=O)c3ccc(C(F)(F)F)cc3)C2)n1. The van der Waals surface area contributed by atoms with Crippen LogP contribution in [0.1, 0.15) is 33.6 Å². The first kappa shape index (κ1) is 14.6. The molecule has 0 N–H and O–H groups in total. The summed E-state index contributed by atoms with van der Waals surface area (Å²) < 4.78 is 42.5. The summed E-state index contributed by atoms with van der Waals surface area (Å²) in [5, 5.41) is 3.68. The average Bonchev–Trinajstić information content (AvgIpc) is 2.82. The van der Waals surface area contributed by atoms with Crippen molar-refractivity contribution in [2.45, 2.75) is 19.0 Å². The molecule has 1 aromatic heterocycles. The lowest BCUT2D eigenvalue weighted by Gasteiger charge is -2.37. The van der Waals surface area contributed by atoms with E-state index in [1.165, 1.54) is 17.0 Å². The molecule has 1 saturated heterocycles. The smallest absolute Gasteiger partial charge is 0.339 e. The molecule has 0 atom stereocenters. The van der Waals surface area contributed by atoms with E-state index in [1.807, 2.05) is 0 Å². The van der Waals surface area contributed by atoms with Crippen molar-refractivity contribution < 1.29 is 22.5 Å². The van der Waals surface area contributed by atoms with Crippen molar-refractivity contribution >= 4 is 5.91 Å². The number of alkyl halides is 3. The van der Waals surface area contributed by atoms with Crippen molar-refractivity contribution in [1.82, 2.24) is 15.0 Å². The molecule has 0 bridgehead atoms. The van der Waals surface area contributed by atoms with E-state index in [4.69, 9.17) is 4.52 Å². The second kappa shape index (κ2) is 5.11. The summed E-state index contributed by atoms with van der Waals surface area (Å²) in [6, 6.07) is 4.20. The van der Waals surface area contributed by atoms with Crippen LogP contribution >= 0.6 is 0 Å². The number of nitrogens with zero attached hydrogens (tertiary/aromatic N) is 3. The first-order chi connectivity index (χ1) is 10.3. The highest BCUT2D eigenvalue weighted by molar-refractivity contribution is 5.94. The minimum Gasteiger partial charge on any atom is -0.339 e. The third-order valence-electron chi connectivity index (χ3n) is 3.52. The van der Waals surface area contributed by atoms with Crippen LogP contribution in [0.25, 0.3) is 0 Å². The summed E-state index contributed by atoms with van der Waals surface area (Å²) >= 11 is 0. The van der Waals surface area contributed by atoms with E-state index in [-0.39, 0.29) is 17.4 Å². The van der Waals surface area contributed by atoms with E-state index in [9.17, 15) is 18.0 Å². The lowest BCUT2D eigenvalue weighted by molar-refractivity contribution is -0.137. The molecule has 5 nitrogen and oxygen atoms in total. The van der Waals surface area contributed by atoms with Gasteiger partial charge in [-0.1, -0.05) is 5.16 Å². The van der Waals surface area contributed by atoms with Gasteiger partial charge in [0.25, 0.3) is 5.91 Å². The molecule has 1 aliphatic heterocycles. The first-order valence-electron chi connectivity index (χ1n) is 6.61. The summed E-state index contributed by atoms with van der Waals surface area (Å²) in [6.07, 6.45) is -4.40. The van der Waals surface area contributed by atoms with Gasteiger partial charge in [0.1, 0.15) is 0 Å². The molecular weight excluding hydrogens is 299 g/mol. The third kappa shape index (κ3) is 2.68. The van der Waals surface area contributed by atoms with Crippen LogP contribution in [0.5, 0.6) is 0 Å². The van der Waals surface area contributed by atoms with Crippen molar-refractivity contribution in [3.05, 3.63) is 47.1 Å². The number of aromatic nitrogens is 2. The van der Waals surface area contributed by atoms with E-state index in [2.05, 4.69) is 10.1 Å². The zero-order valence-corrected chi connectivity index (χ0v) is 11.6. The highest BCUT2D eigenvalue weighted by Crippen LogP contribution is 2.30. The zero-order chi connectivity index (χ0) is 15.9. The normalized spacial score (nSPS) is 15.7. The van der Waals surface area contributed by atoms with Crippen molar-refractivity contribution in [3.8, 4) is 0 Å². The topological polar surface area (TPSA) is 59.2 Å². The van der Waals surface area contributed by atoms with Gasteiger partial charge in [-0.25, -0.2) is 0 Å². The van der Waals surface area contributed by atoms with E-state index in [1.54, 1.807) is 6.92 Å². The van der Waals surface area contributed by atoms with Crippen LogP contribution in [-0.4, -0.2) is 34.0 Å². The fourth-order valence-corrected chi connectivity index (χ4v) is 2.26. The second-order valence-electron chi connectivity index (χ2n) is 5.16. The summed E-state index contributed by atoms with van der Waals surface area (Å²) in [5.74, 6) is 0.692. The molecule has 1 fully saturated rings. The molecule has 2 heterocycles. The fourth-order valence-electron chi connectivity index (χ4n) is 2.26. The number of aryl methyl sites for hydroxylation is 1. The van der Waals surface area contributed by atoms with Crippen molar-refractivity contribution in [1.29, 1.82) is 0 Å². The van der Waals surface area contributed by atoms with Crippen molar-refractivity contribution in [2.24, 2.45) is 0 Å². The Morgan fingerprint density at radius 3 is 2.41 bits per heavy atom. The summed E-state index contributed by atoms with van der Waals surface area (Å²) in [6.45, 7) is 2.54. The number of likely N-dealkylation sites (tertiary alicyclic amines) is 1. The summed E-state index contributed by atoms with van der Waals surface area (Å²) in [5.41, 5.74) is -0.542. The van der Waals surface area contributed by atoms with Gasteiger partial charge in [0.05, 0.1) is 11.5 Å². The molecule has 2 aromatic rings. The van der Waals surface area contributed by atoms with Crippen molar-refractivity contribution in [2.75, 3.05) is 13.1 Å². The number of hydrogen-bond acceptors (Lipinski definition) is 4. The number of halogens is 3. The van der Waals surface area contributed by atoms with Crippen LogP contribution in [0.2, 0.25) is 0 Å². The molecule has 0 radical (unpaired) electrons. The van der Waals surface area contributed by atoms with Crippen molar-refractivity contribution in [3.63, 3.8) is 0 Å².